The number of nitrogens with zero attached hydrogens (tertiary/aromatic N) is 2. The topological polar surface area (TPSA) is 80.9 Å². The molecule has 3 N–H and O–H groups in total. The van der Waals surface area contributed by atoms with Crippen LogP contribution in [0.25, 0.3) is 0 Å². The van der Waals surface area contributed by atoms with Gasteiger partial charge in [-0.2, -0.15) is 13.2 Å². The van der Waals surface area contributed by atoms with Crippen LogP contribution in [0.4, 0.5) is 18.3 Å². The van der Waals surface area contributed by atoms with Gasteiger partial charge in [0, 0.05) is 6.42 Å². The lowest BCUT2D eigenvalue weighted by Crippen LogP contribution is -2.13. The molecule has 0 aliphatic heterocycles. The Morgan fingerprint density at radius 3 is 2.53 bits per heavy atom. The maximum Gasteiger partial charge on any atom is 0.445 e. The van der Waals surface area contributed by atoms with Gasteiger partial charge in [0.1, 0.15) is 0 Å². The van der Waals surface area contributed by atoms with Crippen LogP contribution in [0.15, 0.2) is 0 Å². The number of anilines is 1. The van der Waals surface area contributed by atoms with E-state index >= 15 is 0 Å². The van der Waals surface area contributed by atoms with E-state index in [0.29, 0.717) is 24.3 Å². The fourth-order valence-corrected chi connectivity index (χ4v) is 1.46. The normalized spacial score (nSPS) is 10.8. The number of halogens is 4. The molecular weight excluding hydrogens is 281 g/mol. The quantitative estimate of drug-likeness (QED) is 0.883. The molecule has 1 aromatic heterocycles. The van der Waals surface area contributed by atoms with E-state index in [4.69, 9.17) is 5.73 Å². The van der Waals surface area contributed by atoms with Gasteiger partial charge in [0.2, 0.25) is 16.0 Å². The van der Waals surface area contributed by atoms with Crippen LogP contribution >= 0.6 is 23.7 Å². The van der Waals surface area contributed by atoms with Crippen molar-refractivity contribution in [1.29, 1.82) is 0 Å². The van der Waals surface area contributed by atoms with Crippen molar-refractivity contribution in [2.45, 2.75) is 19.0 Å². The lowest BCUT2D eigenvalue weighted by molar-refractivity contribution is -0.138. The number of aromatic nitrogens is 2. The Hall–Kier alpha value is -0.930. The maximum atomic E-state index is 12.1. The van der Waals surface area contributed by atoms with Gasteiger partial charge >= 0.3 is 6.18 Å². The summed E-state index contributed by atoms with van der Waals surface area (Å²) in [4.78, 5) is 11.1. The molecule has 0 atom stereocenters. The SMILES string of the molecule is Cl.NCCCC(=O)Nc1nnc(C(F)(F)F)s1. The van der Waals surface area contributed by atoms with E-state index in [-0.39, 0.29) is 24.0 Å². The van der Waals surface area contributed by atoms with Crippen LogP contribution in [0, 0.1) is 0 Å². The minimum Gasteiger partial charge on any atom is -0.330 e. The second-order valence-electron chi connectivity index (χ2n) is 2.85. The van der Waals surface area contributed by atoms with Gasteiger partial charge in [-0.05, 0) is 13.0 Å². The molecule has 0 bridgehead atoms. The molecule has 1 rings (SSSR count). The standard InChI is InChI=1S/C7H9F3N4OS.ClH/c8-7(9,10)5-13-14-6(16-5)12-4(15)2-1-3-11;/h1-3,11H2,(H,12,14,15);1H. The van der Waals surface area contributed by atoms with Crippen LogP contribution in [0.2, 0.25) is 0 Å². The largest absolute Gasteiger partial charge is 0.445 e. The van der Waals surface area contributed by atoms with E-state index in [1.54, 1.807) is 0 Å². The molecule has 0 aromatic carbocycles. The van der Waals surface area contributed by atoms with Crippen molar-refractivity contribution in [2.75, 3.05) is 11.9 Å². The van der Waals surface area contributed by atoms with Crippen LogP contribution < -0.4 is 11.1 Å². The zero-order chi connectivity index (χ0) is 12.2. The first-order valence-corrected chi connectivity index (χ1v) is 5.15. The third kappa shape index (κ3) is 5.29. The number of hydrogen-bond donors (Lipinski definition) is 2. The summed E-state index contributed by atoms with van der Waals surface area (Å²) >= 11 is 0.291. The molecule has 0 unspecified atom stereocenters. The predicted molar refractivity (Wildman–Crippen MR) is 59.1 cm³/mol. The average molecular weight is 291 g/mol. The summed E-state index contributed by atoms with van der Waals surface area (Å²) in [7, 11) is 0. The Balaban J connectivity index is 0.00000256. The monoisotopic (exact) mass is 290 g/mol. The Morgan fingerprint density at radius 2 is 2.06 bits per heavy atom. The number of nitrogens with two attached hydrogens (primary N) is 1. The Labute approximate surface area is 105 Å². The van der Waals surface area contributed by atoms with Gasteiger partial charge < -0.3 is 11.1 Å². The fourth-order valence-electron chi connectivity index (χ4n) is 0.833. The number of carbonyl (C=O) groups is 1. The molecule has 0 fully saturated rings. The molecule has 0 saturated heterocycles. The van der Waals surface area contributed by atoms with Crippen LogP contribution in [0.5, 0.6) is 0 Å². The van der Waals surface area contributed by atoms with E-state index < -0.39 is 17.1 Å². The molecule has 0 spiro atoms. The van der Waals surface area contributed by atoms with E-state index in [2.05, 4.69) is 15.5 Å². The molecule has 98 valence electrons. The maximum absolute atomic E-state index is 12.1. The summed E-state index contributed by atoms with van der Waals surface area (Å²) in [5.41, 5.74) is 5.18. The van der Waals surface area contributed by atoms with Crippen molar-refractivity contribution < 1.29 is 18.0 Å². The zero-order valence-corrected chi connectivity index (χ0v) is 10.1. The van der Waals surface area contributed by atoms with Gasteiger partial charge in [-0.25, -0.2) is 0 Å². The van der Waals surface area contributed by atoms with Gasteiger partial charge in [-0.15, -0.1) is 22.6 Å². The van der Waals surface area contributed by atoms with Crippen molar-refractivity contribution in [3.8, 4) is 0 Å². The molecule has 1 heterocycles. The van der Waals surface area contributed by atoms with Crippen LogP contribution in [0.3, 0.4) is 0 Å². The van der Waals surface area contributed by atoms with Crippen molar-refractivity contribution in [3.05, 3.63) is 5.01 Å². The molecule has 1 aromatic rings. The first-order chi connectivity index (χ1) is 7.43. The zero-order valence-electron chi connectivity index (χ0n) is 8.45. The molecule has 5 nitrogen and oxygen atoms in total. The van der Waals surface area contributed by atoms with Gasteiger partial charge in [0.15, 0.2) is 0 Å². The van der Waals surface area contributed by atoms with E-state index in [9.17, 15) is 18.0 Å². The lowest BCUT2D eigenvalue weighted by atomic mass is 10.3. The van der Waals surface area contributed by atoms with Gasteiger partial charge in [0.05, 0.1) is 0 Å². The van der Waals surface area contributed by atoms with Crippen molar-refractivity contribution >= 4 is 34.8 Å². The molecular formula is C7H10ClF3N4OS. The molecule has 10 heteroatoms. The smallest absolute Gasteiger partial charge is 0.330 e. The minimum atomic E-state index is -4.53. The van der Waals surface area contributed by atoms with Gasteiger partial charge in [-0.1, -0.05) is 11.3 Å². The predicted octanol–water partition coefficient (Wildman–Crippen LogP) is 1.66. The Bertz CT molecular complexity index is 370. The number of alkyl halides is 3. The summed E-state index contributed by atoms with van der Waals surface area (Å²) in [6.45, 7) is 0.345. The molecule has 0 aliphatic carbocycles. The third-order valence-corrected chi connectivity index (χ3v) is 2.41. The Kier molecular flexibility index (Phi) is 6.35. The second kappa shape index (κ2) is 6.72. The third-order valence-electron chi connectivity index (χ3n) is 1.52. The highest BCUT2D eigenvalue weighted by Crippen LogP contribution is 2.32. The molecule has 0 saturated carbocycles. The number of carbonyl (C=O) groups excluding carboxylic acids is 1. The van der Waals surface area contributed by atoms with Crippen LogP contribution in [-0.2, 0) is 11.0 Å². The number of hydrogen-bond acceptors (Lipinski definition) is 5. The number of rotatable bonds is 4. The van der Waals surface area contributed by atoms with Crippen LogP contribution in [0.1, 0.15) is 17.8 Å². The molecule has 1 amide bonds. The lowest BCUT2D eigenvalue weighted by Gasteiger charge is -1.99. The summed E-state index contributed by atoms with van der Waals surface area (Å²) in [6, 6.07) is 0. The average Bonchev–Trinajstić information content (AvgIpc) is 2.62. The highest BCUT2D eigenvalue weighted by Gasteiger charge is 2.35. The van der Waals surface area contributed by atoms with E-state index in [1.165, 1.54) is 0 Å². The molecule has 0 aliphatic rings. The fraction of sp³-hybridized carbons (Fsp3) is 0.571. The first-order valence-electron chi connectivity index (χ1n) is 4.34. The van der Waals surface area contributed by atoms with Crippen molar-refractivity contribution in [2.24, 2.45) is 5.73 Å². The van der Waals surface area contributed by atoms with Crippen molar-refractivity contribution in [1.82, 2.24) is 10.2 Å². The van der Waals surface area contributed by atoms with E-state index in [1.807, 2.05) is 0 Å². The first kappa shape index (κ1) is 16.1. The molecule has 0 radical (unpaired) electrons. The van der Waals surface area contributed by atoms with Crippen molar-refractivity contribution in [3.63, 3.8) is 0 Å². The van der Waals surface area contributed by atoms with E-state index in [0.717, 1.165) is 0 Å². The highest BCUT2D eigenvalue weighted by atomic mass is 35.5. The Morgan fingerprint density at radius 1 is 1.41 bits per heavy atom. The highest BCUT2D eigenvalue weighted by molar-refractivity contribution is 7.15. The minimum absolute atomic E-state index is 0. The summed E-state index contributed by atoms with van der Waals surface area (Å²) in [5.74, 6) is -0.421. The van der Waals surface area contributed by atoms with Gasteiger partial charge in [0.25, 0.3) is 0 Å². The second-order valence-corrected chi connectivity index (χ2v) is 3.83. The number of nitrogens with one attached hydrogen (secondary N) is 1. The van der Waals surface area contributed by atoms with Gasteiger partial charge in [-0.3, -0.25) is 4.79 Å². The summed E-state index contributed by atoms with van der Waals surface area (Å²) < 4.78 is 36.4. The molecule has 17 heavy (non-hydrogen) atoms. The number of amides is 1. The van der Waals surface area contributed by atoms with Crippen LogP contribution in [-0.4, -0.2) is 22.6 Å². The summed E-state index contributed by atoms with van der Waals surface area (Å²) in [6.07, 6.45) is -3.91. The summed E-state index contributed by atoms with van der Waals surface area (Å²) in [5, 5.41) is 7.12.